The SMILES string of the molecule is COc1ccc(C(C)C)cc1[C@@H](N1CCNCC1)C(C)(C)C.Cl.Cl. The number of nitrogens with one attached hydrogen (secondary N) is 1. The highest BCUT2D eigenvalue weighted by molar-refractivity contribution is 5.85. The lowest BCUT2D eigenvalue weighted by Gasteiger charge is -2.43. The molecule has 0 amide bonds. The van der Waals surface area contributed by atoms with Gasteiger partial charge in [0.2, 0.25) is 0 Å². The van der Waals surface area contributed by atoms with Gasteiger partial charge in [0, 0.05) is 37.8 Å². The molecule has 1 saturated heterocycles. The van der Waals surface area contributed by atoms with Crippen LogP contribution >= 0.6 is 24.8 Å². The lowest BCUT2D eigenvalue weighted by atomic mass is 9.79. The highest BCUT2D eigenvalue weighted by Gasteiger charge is 2.34. The Balaban J connectivity index is 0.00000264. The number of nitrogens with zero attached hydrogens (tertiary/aromatic N) is 1. The molecular weight excluding hydrogens is 343 g/mol. The summed E-state index contributed by atoms with van der Waals surface area (Å²) in [6, 6.07) is 7.08. The van der Waals surface area contributed by atoms with Crippen LogP contribution in [0.1, 0.15) is 57.7 Å². The van der Waals surface area contributed by atoms with Crippen LogP contribution in [0.3, 0.4) is 0 Å². The van der Waals surface area contributed by atoms with Crippen LogP contribution < -0.4 is 10.1 Å². The zero-order valence-electron chi connectivity index (χ0n) is 15.9. The van der Waals surface area contributed by atoms with Crippen LogP contribution in [0.25, 0.3) is 0 Å². The Kier molecular flexibility index (Phi) is 9.66. The third-order valence-corrected chi connectivity index (χ3v) is 4.55. The fourth-order valence-electron chi connectivity index (χ4n) is 3.48. The molecule has 0 aliphatic carbocycles. The van der Waals surface area contributed by atoms with Crippen molar-refractivity contribution in [3.05, 3.63) is 29.3 Å². The van der Waals surface area contributed by atoms with Crippen LogP contribution in [0.2, 0.25) is 0 Å². The van der Waals surface area contributed by atoms with E-state index in [4.69, 9.17) is 4.74 Å². The molecule has 1 atom stereocenters. The van der Waals surface area contributed by atoms with E-state index in [1.807, 2.05) is 0 Å². The number of rotatable bonds is 4. The Labute approximate surface area is 160 Å². The molecule has 0 saturated carbocycles. The molecule has 1 fully saturated rings. The fourth-order valence-corrected chi connectivity index (χ4v) is 3.48. The van der Waals surface area contributed by atoms with Gasteiger partial charge in [0.25, 0.3) is 0 Å². The number of hydrogen-bond acceptors (Lipinski definition) is 3. The van der Waals surface area contributed by atoms with Crippen molar-refractivity contribution < 1.29 is 4.74 Å². The third-order valence-electron chi connectivity index (χ3n) is 4.55. The van der Waals surface area contributed by atoms with E-state index in [1.54, 1.807) is 7.11 Å². The lowest BCUT2D eigenvalue weighted by molar-refractivity contribution is 0.0841. The zero-order valence-corrected chi connectivity index (χ0v) is 17.5. The molecule has 0 radical (unpaired) electrons. The van der Waals surface area contributed by atoms with Crippen LogP contribution in [0.5, 0.6) is 5.75 Å². The summed E-state index contributed by atoms with van der Waals surface area (Å²) >= 11 is 0. The predicted molar refractivity (Wildman–Crippen MR) is 108 cm³/mol. The Morgan fingerprint density at radius 1 is 1.08 bits per heavy atom. The molecular formula is C19H34Cl2N2O. The third kappa shape index (κ3) is 5.52. The molecule has 1 aliphatic rings. The molecule has 1 aromatic rings. The molecule has 1 heterocycles. The first-order chi connectivity index (χ1) is 10.3. The summed E-state index contributed by atoms with van der Waals surface area (Å²) in [6.07, 6.45) is 0. The number of piperazine rings is 1. The van der Waals surface area contributed by atoms with E-state index in [-0.39, 0.29) is 30.2 Å². The minimum atomic E-state index is 0. The monoisotopic (exact) mass is 376 g/mol. The first kappa shape index (κ1) is 23.5. The van der Waals surface area contributed by atoms with Gasteiger partial charge < -0.3 is 10.1 Å². The minimum Gasteiger partial charge on any atom is -0.496 e. The number of ether oxygens (including phenoxy) is 1. The van der Waals surface area contributed by atoms with Crippen molar-refractivity contribution >= 4 is 24.8 Å². The molecule has 3 nitrogen and oxygen atoms in total. The van der Waals surface area contributed by atoms with Gasteiger partial charge in [0.05, 0.1) is 7.11 Å². The smallest absolute Gasteiger partial charge is 0.123 e. The van der Waals surface area contributed by atoms with Crippen LogP contribution in [0.4, 0.5) is 0 Å². The molecule has 24 heavy (non-hydrogen) atoms. The fraction of sp³-hybridized carbons (Fsp3) is 0.684. The summed E-state index contributed by atoms with van der Waals surface area (Å²) in [6.45, 7) is 15.8. The van der Waals surface area contributed by atoms with Crippen LogP contribution in [0, 0.1) is 5.41 Å². The first-order valence-corrected chi connectivity index (χ1v) is 8.47. The molecule has 0 spiro atoms. The Hall–Kier alpha value is -0.480. The summed E-state index contributed by atoms with van der Waals surface area (Å²) < 4.78 is 5.70. The second-order valence-corrected chi connectivity index (χ2v) is 7.71. The number of halogens is 2. The maximum absolute atomic E-state index is 5.70. The van der Waals surface area contributed by atoms with Crippen molar-refractivity contribution in [1.29, 1.82) is 0 Å². The maximum Gasteiger partial charge on any atom is 0.123 e. The largest absolute Gasteiger partial charge is 0.496 e. The molecule has 140 valence electrons. The number of methoxy groups -OCH3 is 1. The van der Waals surface area contributed by atoms with Gasteiger partial charge in [0.15, 0.2) is 0 Å². The van der Waals surface area contributed by atoms with Gasteiger partial charge in [-0.05, 0) is 23.0 Å². The van der Waals surface area contributed by atoms with Crippen molar-refractivity contribution in [1.82, 2.24) is 10.2 Å². The normalized spacial score (nSPS) is 17.0. The highest BCUT2D eigenvalue weighted by atomic mass is 35.5. The van der Waals surface area contributed by atoms with E-state index in [1.165, 1.54) is 11.1 Å². The van der Waals surface area contributed by atoms with Crippen molar-refractivity contribution in [2.45, 2.75) is 46.6 Å². The molecule has 0 unspecified atom stereocenters. The van der Waals surface area contributed by atoms with E-state index >= 15 is 0 Å². The van der Waals surface area contributed by atoms with Gasteiger partial charge in [-0.2, -0.15) is 0 Å². The standard InChI is InChI=1S/C19H32N2O.2ClH/c1-14(2)15-7-8-17(22-6)16(13-15)18(19(3,4)5)21-11-9-20-10-12-21;;/h7-8,13-14,18,20H,9-12H2,1-6H3;2*1H/t18-;;/m1../s1. The quantitative estimate of drug-likeness (QED) is 0.826. The molecule has 1 aliphatic heterocycles. The summed E-state index contributed by atoms with van der Waals surface area (Å²) in [5, 5.41) is 3.46. The summed E-state index contributed by atoms with van der Waals surface area (Å²) in [7, 11) is 1.78. The second kappa shape index (κ2) is 9.86. The van der Waals surface area contributed by atoms with Gasteiger partial charge >= 0.3 is 0 Å². The van der Waals surface area contributed by atoms with Crippen molar-refractivity contribution in [3.63, 3.8) is 0 Å². The zero-order chi connectivity index (χ0) is 16.3. The first-order valence-electron chi connectivity index (χ1n) is 8.47. The highest BCUT2D eigenvalue weighted by Crippen LogP contribution is 2.42. The molecule has 5 heteroatoms. The minimum absolute atomic E-state index is 0. The molecule has 1 N–H and O–H groups in total. The van der Waals surface area contributed by atoms with Crippen molar-refractivity contribution in [2.75, 3.05) is 33.3 Å². The second-order valence-electron chi connectivity index (χ2n) is 7.71. The van der Waals surface area contributed by atoms with Gasteiger partial charge in [-0.3, -0.25) is 4.90 Å². The summed E-state index contributed by atoms with van der Waals surface area (Å²) in [5.74, 6) is 1.55. The van der Waals surface area contributed by atoms with Crippen molar-refractivity contribution in [3.8, 4) is 5.75 Å². The van der Waals surface area contributed by atoms with E-state index in [0.29, 0.717) is 12.0 Å². The van der Waals surface area contributed by atoms with Gasteiger partial charge in [-0.25, -0.2) is 0 Å². The predicted octanol–water partition coefficient (Wildman–Crippen LogP) is 4.65. The Morgan fingerprint density at radius 2 is 1.67 bits per heavy atom. The van der Waals surface area contributed by atoms with E-state index in [9.17, 15) is 0 Å². The average molecular weight is 377 g/mol. The number of benzene rings is 1. The summed E-state index contributed by atoms with van der Waals surface area (Å²) in [4.78, 5) is 2.61. The Bertz CT molecular complexity index is 495. The molecule has 0 bridgehead atoms. The van der Waals surface area contributed by atoms with Crippen LogP contribution in [-0.4, -0.2) is 38.2 Å². The topological polar surface area (TPSA) is 24.5 Å². The van der Waals surface area contributed by atoms with E-state index in [2.05, 4.69) is 63.0 Å². The van der Waals surface area contributed by atoms with E-state index in [0.717, 1.165) is 31.9 Å². The van der Waals surface area contributed by atoms with Crippen molar-refractivity contribution in [2.24, 2.45) is 5.41 Å². The number of hydrogen-bond donors (Lipinski definition) is 1. The van der Waals surface area contributed by atoms with Gasteiger partial charge in [-0.15, -0.1) is 24.8 Å². The Morgan fingerprint density at radius 3 is 2.12 bits per heavy atom. The molecule has 2 rings (SSSR count). The lowest BCUT2D eigenvalue weighted by Crippen LogP contribution is -2.48. The van der Waals surface area contributed by atoms with Crippen LogP contribution in [-0.2, 0) is 0 Å². The average Bonchev–Trinajstić information content (AvgIpc) is 2.47. The maximum atomic E-state index is 5.70. The molecule has 0 aromatic heterocycles. The van der Waals surface area contributed by atoms with Crippen LogP contribution in [0.15, 0.2) is 18.2 Å². The summed E-state index contributed by atoms with van der Waals surface area (Å²) in [5.41, 5.74) is 2.89. The van der Waals surface area contributed by atoms with Gasteiger partial charge in [-0.1, -0.05) is 46.8 Å². The van der Waals surface area contributed by atoms with E-state index < -0.39 is 0 Å². The molecule has 1 aromatic carbocycles. The van der Waals surface area contributed by atoms with Gasteiger partial charge in [0.1, 0.15) is 5.75 Å².